The van der Waals surface area contributed by atoms with E-state index in [-0.39, 0.29) is 5.54 Å². The van der Waals surface area contributed by atoms with Crippen LogP contribution in [0.2, 0.25) is 0 Å². The summed E-state index contributed by atoms with van der Waals surface area (Å²) in [5.41, 5.74) is 6.28. The molecule has 1 saturated carbocycles. The van der Waals surface area contributed by atoms with E-state index in [9.17, 15) is 8.42 Å². The van der Waals surface area contributed by atoms with Crippen LogP contribution in [0, 0.1) is 5.92 Å². The zero-order valence-electron chi connectivity index (χ0n) is 9.24. The van der Waals surface area contributed by atoms with E-state index in [0.29, 0.717) is 17.4 Å². The molecule has 1 unspecified atom stereocenters. The second-order valence-corrected chi connectivity index (χ2v) is 7.62. The number of nitrogens with two attached hydrogens (primary N) is 1. The minimum absolute atomic E-state index is 0.0528. The summed E-state index contributed by atoms with van der Waals surface area (Å²) < 4.78 is 22.7. The minimum Gasteiger partial charge on any atom is -0.325 e. The first-order valence-corrected chi connectivity index (χ1v) is 7.81. The van der Waals surface area contributed by atoms with Gasteiger partial charge in [-0.15, -0.1) is 0 Å². The van der Waals surface area contributed by atoms with Gasteiger partial charge in [0.2, 0.25) is 0 Å². The maximum atomic E-state index is 11.3. The molecule has 1 aliphatic heterocycles. The van der Waals surface area contributed by atoms with Gasteiger partial charge in [0, 0.05) is 5.54 Å². The maximum absolute atomic E-state index is 11.3. The van der Waals surface area contributed by atoms with Crippen molar-refractivity contribution in [1.82, 2.24) is 0 Å². The lowest BCUT2D eigenvalue weighted by atomic mass is 9.76. The average Bonchev–Trinajstić information content (AvgIpc) is 2.45. The van der Waals surface area contributed by atoms with E-state index in [0.717, 1.165) is 25.7 Å². The minimum atomic E-state index is -2.73. The van der Waals surface area contributed by atoms with E-state index in [2.05, 4.69) is 0 Å². The molecule has 88 valence electrons. The lowest BCUT2D eigenvalue weighted by Gasteiger charge is -2.35. The van der Waals surface area contributed by atoms with Crippen LogP contribution in [0.15, 0.2) is 0 Å². The van der Waals surface area contributed by atoms with Gasteiger partial charge >= 0.3 is 0 Å². The summed E-state index contributed by atoms with van der Waals surface area (Å²) in [5, 5.41) is 0. The monoisotopic (exact) mass is 231 g/mol. The van der Waals surface area contributed by atoms with Gasteiger partial charge in [-0.1, -0.05) is 19.3 Å². The second-order valence-electron chi connectivity index (χ2n) is 5.40. The first-order valence-electron chi connectivity index (χ1n) is 5.98. The molecule has 15 heavy (non-hydrogen) atoms. The number of hydrogen-bond acceptors (Lipinski definition) is 3. The summed E-state index contributed by atoms with van der Waals surface area (Å²) >= 11 is 0. The van der Waals surface area contributed by atoms with Crippen molar-refractivity contribution in [2.45, 2.75) is 50.5 Å². The zero-order valence-corrected chi connectivity index (χ0v) is 10.1. The van der Waals surface area contributed by atoms with E-state index in [1.54, 1.807) is 0 Å². The molecule has 0 bridgehead atoms. The van der Waals surface area contributed by atoms with Gasteiger partial charge in [0.15, 0.2) is 9.84 Å². The Balaban J connectivity index is 1.91. The van der Waals surface area contributed by atoms with Gasteiger partial charge in [-0.3, -0.25) is 0 Å². The normalized spacial score (nSPS) is 34.1. The Labute approximate surface area is 92.3 Å². The molecule has 3 nitrogen and oxygen atoms in total. The molecular formula is C11H21NO2S. The molecule has 2 fully saturated rings. The predicted molar refractivity (Wildman–Crippen MR) is 61.4 cm³/mol. The number of sulfone groups is 1. The largest absolute Gasteiger partial charge is 0.325 e. The summed E-state index contributed by atoms with van der Waals surface area (Å²) in [7, 11) is -2.73. The first-order chi connectivity index (χ1) is 6.99. The first kappa shape index (κ1) is 11.4. The van der Waals surface area contributed by atoms with Crippen LogP contribution in [0.3, 0.4) is 0 Å². The van der Waals surface area contributed by atoms with Gasteiger partial charge in [-0.25, -0.2) is 8.42 Å². The Morgan fingerprint density at radius 2 is 1.87 bits per heavy atom. The Bertz CT molecular complexity index is 317. The highest BCUT2D eigenvalue weighted by atomic mass is 32.2. The van der Waals surface area contributed by atoms with Gasteiger partial charge in [0.25, 0.3) is 0 Å². The number of rotatable bonds is 2. The van der Waals surface area contributed by atoms with Gasteiger partial charge < -0.3 is 5.73 Å². The fourth-order valence-corrected chi connectivity index (χ4v) is 4.93. The van der Waals surface area contributed by atoms with Crippen LogP contribution in [0.4, 0.5) is 0 Å². The SMILES string of the molecule is NC1(CC2CCS(=O)(=O)C2)CCCCC1. The Morgan fingerprint density at radius 3 is 2.40 bits per heavy atom. The average molecular weight is 231 g/mol. The number of hydrogen-bond donors (Lipinski definition) is 1. The van der Waals surface area contributed by atoms with Crippen LogP contribution >= 0.6 is 0 Å². The molecule has 2 N–H and O–H groups in total. The third kappa shape index (κ3) is 2.94. The van der Waals surface area contributed by atoms with E-state index >= 15 is 0 Å². The van der Waals surface area contributed by atoms with Gasteiger partial charge in [0.1, 0.15) is 0 Å². The van der Waals surface area contributed by atoms with Crippen LogP contribution in [0.1, 0.15) is 44.9 Å². The molecule has 0 aromatic rings. The molecule has 4 heteroatoms. The maximum Gasteiger partial charge on any atom is 0.150 e. The molecule has 1 heterocycles. The molecule has 0 amide bonds. The molecule has 0 aromatic heterocycles. The molecule has 2 rings (SSSR count). The molecule has 2 aliphatic rings. The molecule has 0 spiro atoms. The molecular weight excluding hydrogens is 210 g/mol. The predicted octanol–water partition coefficient (Wildman–Crippen LogP) is 1.47. The van der Waals surface area contributed by atoms with E-state index < -0.39 is 9.84 Å². The highest BCUT2D eigenvalue weighted by Gasteiger charge is 2.35. The fourth-order valence-electron chi connectivity index (χ4n) is 3.07. The zero-order chi connectivity index (χ0) is 10.9. The summed E-state index contributed by atoms with van der Waals surface area (Å²) in [6, 6.07) is 0. The van der Waals surface area contributed by atoms with Crippen molar-refractivity contribution >= 4 is 9.84 Å². The second kappa shape index (κ2) is 4.06. The van der Waals surface area contributed by atoms with Crippen molar-refractivity contribution in [2.75, 3.05) is 11.5 Å². The van der Waals surface area contributed by atoms with E-state index in [1.807, 2.05) is 0 Å². The Morgan fingerprint density at radius 1 is 1.20 bits per heavy atom. The highest BCUT2D eigenvalue weighted by molar-refractivity contribution is 7.91. The molecule has 1 saturated heterocycles. The van der Waals surface area contributed by atoms with Gasteiger partial charge in [-0.05, 0) is 31.6 Å². The Kier molecular flexibility index (Phi) is 3.08. The quantitative estimate of drug-likeness (QED) is 0.783. The summed E-state index contributed by atoms with van der Waals surface area (Å²) in [6.07, 6.45) is 7.66. The third-order valence-corrected chi connectivity index (χ3v) is 5.71. The lowest BCUT2D eigenvalue weighted by molar-refractivity contribution is 0.245. The van der Waals surface area contributed by atoms with Crippen molar-refractivity contribution in [1.29, 1.82) is 0 Å². The smallest absolute Gasteiger partial charge is 0.150 e. The van der Waals surface area contributed by atoms with Crippen molar-refractivity contribution in [2.24, 2.45) is 11.7 Å². The van der Waals surface area contributed by atoms with Crippen molar-refractivity contribution in [3.63, 3.8) is 0 Å². The van der Waals surface area contributed by atoms with E-state index in [4.69, 9.17) is 5.73 Å². The van der Waals surface area contributed by atoms with Crippen LogP contribution in [-0.4, -0.2) is 25.5 Å². The Hall–Kier alpha value is -0.0900. The molecule has 1 aliphatic carbocycles. The fraction of sp³-hybridized carbons (Fsp3) is 1.00. The lowest BCUT2D eigenvalue weighted by Crippen LogP contribution is -2.43. The van der Waals surface area contributed by atoms with Crippen LogP contribution in [-0.2, 0) is 9.84 Å². The standard InChI is InChI=1S/C11H21NO2S/c12-11(5-2-1-3-6-11)8-10-4-7-15(13,14)9-10/h10H,1-9,12H2. The van der Waals surface area contributed by atoms with E-state index in [1.165, 1.54) is 19.3 Å². The summed E-state index contributed by atoms with van der Waals surface area (Å²) in [4.78, 5) is 0. The topological polar surface area (TPSA) is 60.2 Å². The van der Waals surface area contributed by atoms with Crippen molar-refractivity contribution in [3.8, 4) is 0 Å². The van der Waals surface area contributed by atoms with Gasteiger partial charge in [-0.2, -0.15) is 0 Å². The van der Waals surface area contributed by atoms with Crippen molar-refractivity contribution < 1.29 is 8.42 Å². The highest BCUT2D eigenvalue weighted by Crippen LogP contribution is 2.34. The van der Waals surface area contributed by atoms with Crippen LogP contribution in [0.5, 0.6) is 0 Å². The van der Waals surface area contributed by atoms with Crippen LogP contribution < -0.4 is 5.73 Å². The molecule has 0 radical (unpaired) electrons. The summed E-state index contributed by atoms with van der Waals surface area (Å²) in [5.74, 6) is 1.10. The van der Waals surface area contributed by atoms with Crippen LogP contribution in [0.25, 0.3) is 0 Å². The summed E-state index contributed by atoms with van der Waals surface area (Å²) in [6.45, 7) is 0. The van der Waals surface area contributed by atoms with Crippen molar-refractivity contribution in [3.05, 3.63) is 0 Å². The molecule has 0 aromatic carbocycles. The third-order valence-electron chi connectivity index (χ3n) is 3.87. The van der Waals surface area contributed by atoms with Gasteiger partial charge in [0.05, 0.1) is 11.5 Å². The molecule has 1 atom stereocenters.